The van der Waals surface area contributed by atoms with Crippen molar-refractivity contribution in [3.8, 4) is 0 Å². The second kappa shape index (κ2) is 9.61. The van der Waals surface area contributed by atoms with Crippen LogP contribution in [-0.2, 0) is 0 Å². The quantitative estimate of drug-likeness (QED) is 0.320. The number of nitrogens with one attached hydrogen (secondary N) is 1. The van der Waals surface area contributed by atoms with Gasteiger partial charge in [0.05, 0.1) is 0 Å². The fourth-order valence-electron chi connectivity index (χ4n) is 4.05. The van der Waals surface area contributed by atoms with E-state index in [0.717, 1.165) is 11.1 Å². The van der Waals surface area contributed by atoms with Crippen LogP contribution >= 0.6 is 12.2 Å². The third-order valence-corrected chi connectivity index (χ3v) is 6.09. The summed E-state index contributed by atoms with van der Waals surface area (Å²) in [6.45, 7) is 10.8. The molecular formula is C25H31N5OS. The van der Waals surface area contributed by atoms with E-state index in [0.29, 0.717) is 11.2 Å². The molecule has 0 bridgehead atoms. The van der Waals surface area contributed by atoms with Crippen LogP contribution in [0.4, 0.5) is 5.95 Å². The largest absolute Gasteiger partial charge is 0.369 e. The van der Waals surface area contributed by atoms with Crippen LogP contribution < -0.4 is 5.73 Å². The molecule has 0 radical (unpaired) electrons. The molecule has 7 heteroatoms. The van der Waals surface area contributed by atoms with Gasteiger partial charge in [-0.1, -0.05) is 67.6 Å². The van der Waals surface area contributed by atoms with Crippen molar-refractivity contribution < 1.29 is 4.79 Å². The summed E-state index contributed by atoms with van der Waals surface area (Å²) in [7, 11) is 0. The number of hydrogen-bond acceptors (Lipinski definition) is 5. The third kappa shape index (κ3) is 5.40. The molecule has 0 aromatic carbocycles. The molecule has 1 aliphatic rings. The molecule has 0 atom stereocenters. The summed E-state index contributed by atoms with van der Waals surface area (Å²) >= 11 is 5.15. The monoisotopic (exact) mass is 449 g/mol. The number of carbonyl (C=O) groups is 1. The van der Waals surface area contributed by atoms with Gasteiger partial charge in [-0.25, -0.2) is 9.97 Å². The lowest BCUT2D eigenvalue weighted by molar-refractivity contribution is 0.0972. The van der Waals surface area contributed by atoms with Crippen molar-refractivity contribution in [2.75, 3.05) is 5.73 Å². The molecule has 0 aliphatic heterocycles. The number of hydrogen-bond donors (Lipinski definition) is 2. The van der Waals surface area contributed by atoms with E-state index in [9.17, 15) is 4.79 Å². The fraction of sp³-hybridized carbons (Fsp3) is 0.360. The summed E-state index contributed by atoms with van der Waals surface area (Å²) < 4.78 is 1.64. The van der Waals surface area contributed by atoms with Crippen LogP contribution in [0.25, 0.3) is 11.2 Å². The molecular weight excluding hydrogens is 418 g/mol. The van der Waals surface area contributed by atoms with Crippen LogP contribution in [0.3, 0.4) is 0 Å². The summed E-state index contributed by atoms with van der Waals surface area (Å²) in [5, 5.41) is 0. The highest BCUT2D eigenvalue weighted by Crippen LogP contribution is 2.40. The second-order valence-corrected chi connectivity index (χ2v) is 9.39. The van der Waals surface area contributed by atoms with Gasteiger partial charge < -0.3 is 10.7 Å². The molecule has 3 N–H and O–H groups in total. The van der Waals surface area contributed by atoms with Gasteiger partial charge in [-0.3, -0.25) is 9.36 Å². The van der Waals surface area contributed by atoms with Gasteiger partial charge in [0.1, 0.15) is 11.8 Å². The maximum absolute atomic E-state index is 12.7. The van der Waals surface area contributed by atoms with Crippen LogP contribution in [0, 0.1) is 10.1 Å². The van der Waals surface area contributed by atoms with E-state index in [2.05, 4.69) is 54.8 Å². The van der Waals surface area contributed by atoms with E-state index >= 15 is 0 Å². The van der Waals surface area contributed by atoms with Crippen molar-refractivity contribution in [1.82, 2.24) is 19.5 Å². The number of H-pyrrole nitrogens is 1. The highest BCUT2D eigenvalue weighted by molar-refractivity contribution is 7.71. The second-order valence-electron chi connectivity index (χ2n) is 9.00. The number of aromatic nitrogens is 4. The predicted molar refractivity (Wildman–Crippen MR) is 134 cm³/mol. The Bertz CT molecular complexity index is 1250. The average molecular weight is 450 g/mol. The van der Waals surface area contributed by atoms with E-state index in [-0.39, 0.29) is 21.9 Å². The first-order valence-electron chi connectivity index (χ1n) is 10.8. The van der Waals surface area contributed by atoms with Crippen molar-refractivity contribution in [2.45, 2.75) is 53.9 Å². The first-order chi connectivity index (χ1) is 15.1. The molecule has 0 spiro atoms. The lowest BCUT2D eigenvalue weighted by atomic mass is 9.72. The number of imidazole rings is 1. The number of fused-ring (bicyclic) bond motifs is 1. The van der Waals surface area contributed by atoms with Crippen LogP contribution in [0.1, 0.15) is 58.7 Å². The molecule has 6 nitrogen and oxygen atoms in total. The molecule has 2 heterocycles. The predicted octanol–water partition coefficient (Wildman–Crippen LogP) is 6.24. The zero-order chi connectivity index (χ0) is 23.5. The Morgan fingerprint density at radius 3 is 2.75 bits per heavy atom. The number of rotatable bonds is 5. The first kappa shape index (κ1) is 23.6. The number of allylic oxidation sites excluding steroid dienone is 10. The molecule has 0 saturated heterocycles. The van der Waals surface area contributed by atoms with Gasteiger partial charge in [-0.05, 0) is 56.6 Å². The van der Waals surface area contributed by atoms with Gasteiger partial charge in [0.25, 0.3) is 5.91 Å². The minimum atomic E-state index is -0.242. The molecule has 1 aliphatic carbocycles. The number of anilines is 1. The summed E-state index contributed by atoms with van der Waals surface area (Å²) in [5.74, 6) is -0.0951. The number of nitrogens with zero attached hydrogens (tertiary/aromatic N) is 3. The minimum absolute atomic E-state index is 0.147. The number of nitrogens with two attached hydrogens (primary N) is 1. The fourth-order valence-corrected chi connectivity index (χ4v) is 4.30. The van der Waals surface area contributed by atoms with Crippen molar-refractivity contribution in [3.05, 3.63) is 69.7 Å². The lowest BCUT2D eigenvalue weighted by Crippen LogP contribution is -2.19. The summed E-state index contributed by atoms with van der Waals surface area (Å²) in [6.07, 6.45) is 17.0. The van der Waals surface area contributed by atoms with Gasteiger partial charge >= 0.3 is 0 Å². The van der Waals surface area contributed by atoms with Gasteiger partial charge in [-0.2, -0.15) is 0 Å². The number of nitrogen functional groups attached to an aromatic ring is 1. The maximum atomic E-state index is 12.7. The summed E-state index contributed by atoms with van der Waals surface area (Å²) in [4.78, 5) is 23.7. The van der Waals surface area contributed by atoms with Crippen LogP contribution in [0.2, 0.25) is 0 Å². The molecule has 32 heavy (non-hydrogen) atoms. The van der Waals surface area contributed by atoms with Gasteiger partial charge in [0, 0.05) is 6.08 Å². The summed E-state index contributed by atoms with van der Waals surface area (Å²) in [6, 6.07) is 0. The Balaban J connectivity index is 1.72. The Morgan fingerprint density at radius 2 is 2.03 bits per heavy atom. The van der Waals surface area contributed by atoms with E-state index in [4.69, 9.17) is 18.0 Å². The Hall–Kier alpha value is -3.06. The Kier molecular flexibility index (Phi) is 7.09. The Morgan fingerprint density at radius 1 is 1.28 bits per heavy atom. The molecule has 3 rings (SSSR count). The molecule has 2 aromatic heterocycles. The average Bonchev–Trinajstić information content (AvgIpc) is 3.11. The zero-order valence-corrected chi connectivity index (χ0v) is 20.2. The van der Waals surface area contributed by atoms with Crippen molar-refractivity contribution >= 4 is 35.2 Å². The Labute approximate surface area is 194 Å². The van der Waals surface area contributed by atoms with Crippen molar-refractivity contribution in [2.24, 2.45) is 5.41 Å². The highest BCUT2D eigenvalue weighted by atomic mass is 32.1. The van der Waals surface area contributed by atoms with Crippen molar-refractivity contribution in [1.29, 1.82) is 0 Å². The highest BCUT2D eigenvalue weighted by Gasteiger charge is 2.26. The van der Waals surface area contributed by atoms with E-state index in [1.165, 1.54) is 41.3 Å². The summed E-state index contributed by atoms with van der Waals surface area (Å²) in [5.41, 5.74) is 11.7. The molecule has 0 unspecified atom stereocenters. The lowest BCUT2D eigenvalue weighted by Gasteiger charge is -2.32. The molecule has 0 saturated carbocycles. The van der Waals surface area contributed by atoms with E-state index in [1.807, 2.05) is 25.2 Å². The number of carbonyl (C=O) groups excluding carboxylic acids is 1. The molecule has 0 amide bonds. The standard InChI is InChI=1S/C25H31N5OS/c1-16(11-12-19-18(3)10-7-13-25(19,4)5)8-6-9-17(2)14-20(31)30-15-27-21-22(30)28-24(26)29-23(21)32/h6,8-9,11-12,14-15H,7,10,13H2,1-5H3,(H3,26,28,29,32)/b9-6+,12-11+,16-8+,17-14+. The van der Waals surface area contributed by atoms with Gasteiger partial charge in [-0.15, -0.1) is 0 Å². The van der Waals surface area contributed by atoms with Crippen LogP contribution in [0.5, 0.6) is 0 Å². The first-order valence-corrected chi connectivity index (χ1v) is 11.2. The third-order valence-electron chi connectivity index (χ3n) is 5.80. The molecule has 2 aromatic rings. The van der Waals surface area contributed by atoms with Crippen LogP contribution in [0.15, 0.2) is 65.1 Å². The maximum Gasteiger partial charge on any atom is 0.257 e. The molecule has 0 fully saturated rings. The normalized spacial score (nSPS) is 17.8. The van der Waals surface area contributed by atoms with Crippen LogP contribution in [-0.4, -0.2) is 25.4 Å². The smallest absolute Gasteiger partial charge is 0.257 e. The van der Waals surface area contributed by atoms with Crippen molar-refractivity contribution in [3.63, 3.8) is 0 Å². The topological polar surface area (TPSA) is 89.6 Å². The number of aromatic amines is 1. The van der Waals surface area contributed by atoms with Gasteiger partial charge in [0.2, 0.25) is 0 Å². The SMILES string of the molecule is CC1=C(/C=C/C(C)=C/C=C/C(C)=C/C(=O)n2cnc3c(=S)nc(N)[nH]c32)C(C)(C)CCC1. The van der Waals surface area contributed by atoms with E-state index in [1.54, 1.807) is 6.08 Å². The zero-order valence-electron chi connectivity index (χ0n) is 19.4. The minimum Gasteiger partial charge on any atom is -0.369 e. The van der Waals surface area contributed by atoms with Gasteiger partial charge in [0.15, 0.2) is 16.2 Å². The van der Waals surface area contributed by atoms with E-state index < -0.39 is 0 Å². The molecule has 168 valence electrons.